The van der Waals surface area contributed by atoms with Gasteiger partial charge in [0, 0.05) is 19.4 Å². The van der Waals surface area contributed by atoms with Crippen molar-refractivity contribution in [2.24, 2.45) is 0 Å². The van der Waals surface area contributed by atoms with Gasteiger partial charge < -0.3 is 24.9 Å². The molecule has 1 aliphatic rings. The fraction of sp³-hybridized carbons (Fsp3) is 0.643. The van der Waals surface area contributed by atoms with Crippen LogP contribution in [0.3, 0.4) is 0 Å². The number of alkyl carbamates (subject to hydrolysis) is 2. The number of imide groups is 1. The molecule has 1 saturated heterocycles. The van der Waals surface area contributed by atoms with E-state index in [9.17, 15) is 24.0 Å². The van der Waals surface area contributed by atoms with Crippen LogP contribution in [0.5, 0.6) is 0 Å². The van der Waals surface area contributed by atoms with Crippen molar-refractivity contribution in [2.45, 2.75) is 38.1 Å². The molecular weight excluding hydrogens is 338 g/mol. The Bertz CT molecular complexity index is 520. The normalized spacial score (nSPS) is 14.7. The van der Waals surface area contributed by atoms with Gasteiger partial charge in [0.05, 0.1) is 14.2 Å². The second-order valence-corrected chi connectivity index (χ2v) is 5.09. The highest BCUT2D eigenvalue weighted by Crippen LogP contribution is 2.14. The van der Waals surface area contributed by atoms with Gasteiger partial charge in [-0.3, -0.25) is 9.59 Å². The van der Waals surface area contributed by atoms with Crippen LogP contribution in [-0.2, 0) is 28.7 Å². The summed E-state index contributed by atoms with van der Waals surface area (Å²) >= 11 is 0. The summed E-state index contributed by atoms with van der Waals surface area (Å²) in [5.41, 5.74) is 0. The molecule has 1 atom stereocenters. The first-order valence-electron chi connectivity index (χ1n) is 7.63. The van der Waals surface area contributed by atoms with Crippen molar-refractivity contribution in [2.75, 3.05) is 20.8 Å². The first kappa shape index (κ1) is 20.2. The first-order valence-corrected chi connectivity index (χ1v) is 7.63. The second kappa shape index (κ2) is 10.1. The SMILES string of the molecule is COC(=O)NCCCCC(NC(=O)OC)C(=O)ON1C(=O)CCC1=O. The second-order valence-electron chi connectivity index (χ2n) is 5.09. The Morgan fingerprint density at radius 1 is 1.04 bits per heavy atom. The van der Waals surface area contributed by atoms with Gasteiger partial charge in [-0.2, -0.15) is 0 Å². The number of amides is 4. The van der Waals surface area contributed by atoms with Crippen LogP contribution in [0.25, 0.3) is 0 Å². The lowest BCUT2D eigenvalue weighted by atomic mass is 10.1. The average molecular weight is 359 g/mol. The van der Waals surface area contributed by atoms with Gasteiger partial charge in [-0.15, -0.1) is 5.06 Å². The van der Waals surface area contributed by atoms with E-state index in [1.54, 1.807) is 0 Å². The number of unbranched alkanes of at least 4 members (excludes halogenated alkanes) is 1. The van der Waals surface area contributed by atoms with Gasteiger partial charge in [-0.25, -0.2) is 14.4 Å². The zero-order valence-corrected chi connectivity index (χ0v) is 14.0. The maximum Gasteiger partial charge on any atom is 0.407 e. The Hall–Kier alpha value is -2.85. The molecule has 4 amide bonds. The Kier molecular flexibility index (Phi) is 8.16. The number of carbonyl (C=O) groups excluding carboxylic acids is 5. The third-order valence-corrected chi connectivity index (χ3v) is 3.32. The lowest BCUT2D eigenvalue weighted by Crippen LogP contribution is -2.45. The number of hydrogen-bond acceptors (Lipinski definition) is 8. The summed E-state index contributed by atoms with van der Waals surface area (Å²) in [5, 5.41) is 5.16. The van der Waals surface area contributed by atoms with E-state index in [-0.39, 0.29) is 19.3 Å². The molecule has 1 fully saturated rings. The van der Waals surface area contributed by atoms with E-state index in [1.807, 2.05) is 0 Å². The number of hydroxylamine groups is 2. The number of hydrogen-bond donors (Lipinski definition) is 2. The zero-order valence-electron chi connectivity index (χ0n) is 14.0. The number of carbonyl (C=O) groups is 5. The van der Waals surface area contributed by atoms with Crippen LogP contribution >= 0.6 is 0 Å². The van der Waals surface area contributed by atoms with E-state index < -0.39 is 36.0 Å². The van der Waals surface area contributed by atoms with Gasteiger partial charge in [0.2, 0.25) is 0 Å². The molecular formula is C14H21N3O8. The van der Waals surface area contributed by atoms with Crippen molar-refractivity contribution >= 4 is 30.0 Å². The van der Waals surface area contributed by atoms with E-state index >= 15 is 0 Å². The van der Waals surface area contributed by atoms with Crippen LogP contribution in [-0.4, -0.2) is 61.8 Å². The molecule has 2 N–H and O–H groups in total. The van der Waals surface area contributed by atoms with E-state index in [2.05, 4.69) is 20.1 Å². The van der Waals surface area contributed by atoms with Crippen LogP contribution in [0.2, 0.25) is 0 Å². The summed E-state index contributed by atoms with van der Waals surface area (Å²) in [6, 6.07) is -1.10. The number of nitrogens with one attached hydrogen (secondary N) is 2. The van der Waals surface area contributed by atoms with E-state index in [4.69, 9.17) is 4.84 Å². The zero-order chi connectivity index (χ0) is 18.8. The summed E-state index contributed by atoms with van der Waals surface area (Å²) in [6.07, 6.45) is -0.379. The van der Waals surface area contributed by atoms with Crippen molar-refractivity contribution in [1.29, 1.82) is 0 Å². The fourth-order valence-corrected chi connectivity index (χ4v) is 2.00. The van der Waals surface area contributed by atoms with Crippen LogP contribution in [0.4, 0.5) is 9.59 Å². The van der Waals surface area contributed by atoms with Crippen LogP contribution < -0.4 is 10.6 Å². The third-order valence-electron chi connectivity index (χ3n) is 3.32. The Morgan fingerprint density at radius 2 is 1.64 bits per heavy atom. The average Bonchev–Trinajstić information content (AvgIpc) is 2.91. The fourth-order valence-electron chi connectivity index (χ4n) is 2.00. The number of methoxy groups -OCH3 is 2. The Labute approximate surface area is 143 Å². The van der Waals surface area contributed by atoms with Crippen LogP contribution in [0.15, 0.2) is 0 Å². The summed E-state index contributed by atoms with van der Waals surface area (Å²) in [5.74, 6) is -2.18. The van der Waals surface area contributed by atoms with Gasteiger partial charge in [0.25, 0.3) is 11.8 Å². The van der Waals surface area contributed by atoms with Gasteiger partial charge in [-0.1, -0.05) is 0 Å². The number of ether oxygens (including phenoxy) is 2. The maximum absolute atomic E-state index is 12.1. The largest absolute Gasteiger partial charge is 0.453 e. The molecule has 0 radical (unpaired) electrons. The smallest absolute Gasteiger partial charge is 0.407 e. The minimum Gasteiger partial charge on any atom is -0.453 e. The van der Waals surface area contributed by atoms with Crippen molar-refractivity contribution in [3.05, 3.63) is 0 Å². The molecule has 1 unspecified atom stereocenters. The lowest BCUT2D eigenvalue weighted by Gasteiger charge is -2.19. The number of rotatable bonds is 8. The summed E-state index contributed by atoms with van der Waals surface area (Å²) in [6.45, 7) is 0.315. The van der Waals surface area contributed by atoms with Gasteiger partial charge in [0.1, 0.15) is 6.04 Å². The molecule has 1 aliphatic heterocycles. The standard InChI is InChI=1S/C14H21N3O8/c1-23-13(21)15-8-4-3-5-9(16-14(22)24-2)12(20)25-17-10(18)6-7-11(17)19/h9H,3-8H2,1-2H3,(H,15,21)(H,16,22). The topological polar surface area (TPSA) is 140 Å². The summed E-state index contributed by atoms with van der Waals surface area (Å²) < 4.78 is 8.85. The van der Waals surface area contributed by atoms with Crippen molar-refractivity contribution < 1.29 is 38.3 Å². The molecule has 0 saturated carbocycles. The van der Waals surface area contributed by atoms with Crippen LogP contribution in [0.1, 0.15) is 32.1 Å². The Morgan fingerprint density at radius 3 is 2.20 bits per heavy atom. The van der Waals surface area contributed by atoms with Crippen LogP contribution in [0, 0.1) is 0 Å². The minimum absolute atomic E-state index is 0.0274. The predicted octanol–water partition coefficient (Wildman–Crippen LogP) is -0.155. The van der Waals surface area contributed by atoms with E-state index in [1.165, 1.54) is 7.11 Å². The van der Waals surface area contributed by atoms with Gasteiger partial charge >= 0.3 is 18.2 Å². The summed E-state index contributed by atoms with van der Waals surface area (Å²) in [4.78, 5) is 62.1. The van der Waals surface area contributed by atoms with E-state index in [0.717, 1.165) is 7.11 Å². The molecule has 1 heterocycles. The number of nitrogens with zero attached hydrogens (tertiary/aromatic N) is 1. The molecule has 0 aromatic heterocycles. The third kappa shape index (κ3) is 6.65. The molecule has 0 bridgehead atoms. The highest BCUT2D eigenvalue weighted by molar-refractivity contribution is 6.01. The summed E-state index contributed by atoms with van der Waals surface area (Å²) in [7, 11) is 2.37. The van der Waals surface area contributed by atoms with E-state index in [0.29, 0.717) is 24.4 Å². The van der Waals surface area contributed by atoms with Crippen molar-refractivity contribution in [3.8, 4) is 0 Å². The van der Waals surface area contributed by atoms with Gasteiger partial charge in [0.15, 0.2) is 0 Å². The van der Waals surface area contributed by atoms with Crippen molar-refractivity contribution in [1.82, 2.24) is 15.7 Å². The molecule has 0 spiro atoms. The monoisotopic (exact) mass is 359 g/mol. The first-order chi connectivity index (χ1) is 11.9. The maximum atomic E-state index is 12.1. The molecule has 0 aliphatic carbocycles. The quantitative estimate of drug-likeness (QED) is 0.450. The lowest BCUT2D eigenvalue weighted by molar-refractivity contribution is -0.199. The van der Waals surface area contributed by atoms with Crippen molar-refractivity contribution in [3.63, 3.8) is 0 Å². The Balaban J connectivity index is 2.52. The van der Waals surface area contributed by atoms with Gasteiger partial charge in [-0.05, 0) is 19.3 Å². The molecule has 0 aromatic carbocycles. The molecule has 11 heteroatoms. The highest BCUT2D eigenvalue weighted by Gasteiger charge is 2.35. The molecule has 25 heavy (non-hydrogen) atoms. The molecule has 0 aromatic rings. The minimum atomic E-state index is -1.10. The molecule has 140 valence electrons. The molecule has 11 nitrogen and oxygen atoms in total. The molecule has 1 rings (SSSR count). The predicted molar refractivity (Wildman–Crippen MR) is 80.8 cm³/mol. The highest BCUT2D eigenvalue weighted by atomic mass is 16.7.